The molecule has 2 N–H and O–H groups in total. The van der Waals surface area contributed by atoms with Gasteiger partial charge in [0.1, 0.15) is 5.82 Å². The number of anilines is 1. The molecule has 1 unspecified atom stereocenters. The highest BCUT2D eigenvalue weighted by Crippen LogP contribution is 2.21. The van der Waals surface area contributed by atoms with Crippen LogP contribution in [0.15, 0.2) is 12.4 Å². The van der Waals surface area contributed by atoms with Crippen molar-refractivity contribution in [3.8, 4) is 0 Å². The Morgan fingerprint density at radius 2 is 2.05 bits per heavy atom. The van der Waals surface area contributed by atoms with Gasteiger partial charge in [0, 0.05) is 38.8 Å². The molecule has 1 atom stereocenters. The third kappa shape index (κ3) is 2.86. The quantitative estimate of drug-likeness (QED) is 0.818. The van der Waals surface area contributed by atoms with Gasteiger partial charge in [-0.25, -0.2) is 4.98 Å². The highest BCUT2D eigenvalue weighted by molar-refractivity contribution is 5.37. The topological polar surface area (TPSA) is 67.5 Å². The number of ether oxygens (including phenoxy) is 1. The van der Waals surface area contributed by atoms with Gasteiger partial charge >= 0.3 is 0 Å². The Hall–Kier alpha value is -1.24. The SMILES string of the molecule is NCc1cnc(N2CCC(N3CCOCC3)C2)cn1. The van der Waals surface area contributed by atoms with Crippen molar-refractivity contribution in [2.24, 2.45) is 5.73 Å². The number of hydrogen-bond acceptors (Lipinski definition) is 6. The molecule has 0 saturated carbocycles. The molecule has 0 aromatic carbocycles. The van der Waals surface area contributed by atoms with Crippen LogP contribution in [0.4, 0.5) is 5.82 Å². The Balaban J connectivity index is 1.61. The Morgan fingerprint density at radius 3 is 2.74 bits per heavy atom. The van der Waals surface area contributed by atoms with Crippen LogP contribution in [-0.4, -0.2) is 60.3 Å². The average molecular weight is 263 g/mol. The van der Waals surface area contributed by atoms with Gasteiger partial charge in [0.25, 0.3) is 0 Å². The second-order valence-corrected chi connectivity index (χ2v) is 5.11. The van der Waals surface area contributed by atoms with E-state index in [2.05, 4.69) is 19.8 Å². The molecular weight excluding hydrogens is 242 g/mol. The maximum atomic E-state index is 5.54. The van der Waals surface area contributed by atoms with Gasteiger partial charge in [-0.3, -0.25) is 9.88 Å². The number of aromatic nitrogens is 2. The molecule has 0 spiro atoms. The summed E-state index contributed by atoms with van der Waals surface area (Å²) in [5.41, 5.74) is 6.38. The summed E-state index contributed by atoms with van der Waals surface area (Å²) < 4.78 is 5.41. The first kappa shape index (κ1) is 12.8. The molecule has 1 aromatic heterocycles. The van der Waals surface area contributed by atoms with E-state index < -0.39 is 0 Å². The zero-order valence-electron chi connectivity index (χ0n) is 11.2. The molecule has 3 heterocycles. The second-order valence-electron chi connectivity index (χ2n) is 5.11. The van der Waals surface area contributed by atoms with Crippen LogP contribution < -0.4 is 10.6 Å². The van der Waals surface area contributed by atoms with E-state index in [1.54, 1.807) is 6.20 Å². The molecular formula is C13H21N5O. The smallest absolute Gasteiger partial charge is 0.147 e. The van der Waals surface area contributed by atoms with Gasteiger partial charge in [0.05, 0.1) is 31.3 Å². The Kier molecular flexibility index (Phi) is 3.91. The van der Waals surface area contributed by atoms with Crippen LogP contribution in [0, 0.1) is 0 Å². The lowest BCUT2D eigenvalue weighted by molar-refractivity contribution is 0.0209. The Labute approximate surface area is 113 Å². The fourth-order valence-electron chi connectivity index (χ4n) is 2.81. The minimum absolute atomic E-state index is 0.448. The largest absolute Gasteiger partial charge is 0.379 e. The predicted molar refractivity (Wildman–Crippen MR) is 72.9 cm³/mol. The number of hydrogen-bond donors (Lipinski definition) is 1. The normalized spacial score (nSPS) is 24.9. The minimum Gasteiger partial charge on any atom is -0.379 e. The molecule has 0 amide bonds. The lowest BCUT2D eigenvalue weighted by Gasteiger charge is -2.32. The highest BCUT2D eigenvalue weighted by Gasteiger charge is 2.29. The van der Waals surface area contributed by atoms with Crippen LogP contribution in [-0.2, 0) is 11.3 Å². The van der Waals surface area contributed by atoms with Gasteiger partial charge in [-0.15, -0.1) is 0 Å². The van der Waals surface area contributed by atoms with Crippen LogP contribution in [0.1, 0.15) is 12.1 Å². The van der Waals surface area contributed by atoms with E-state index in [0.29, 0.717) is 12.6 Å². The summed E-state index contributed by atoms with van der Waals surface area (Å²) in [6.45, 7) is 6.37. The molecule has 104 valence electrons. The van der Waals surface area contributed by atoms with E-state index in [1.807, 2.05) is 6.20 Å². The van der Waals surface area contributed by atoms with Gasteiger partial charge in [0.2, 0.25) is 0 Å². The third-order valence-electron chi connectivity index (χ3n) is 3.95. The maximum absolute atomic E-state index is 5.54. The molecule has 0 bridgehead atoms. The molecule has 6 nitrogen and oxygen atoms in total. The summed E-state index contributed by atoms with van der Waals surface area (Å²) >= 11 is 0. The fourth-order valence-corrected chi connectivity index (χ4v) is 2.81. The summed E-state index contributed by atoms with van der Waals surface area (Å²) in [5, 5.41) is 0. The van der Waals surface area contributed by atoms with Gasteiger partial charge in [-0.05, 0) is 6.42 Å². The van der Waals surface area contributed by atoms with Crippen LogP contribution in [0.2, 0.25) is 0 Å². The molecule has 2 aliphatic rings. The van der Waals surface area contributed by atoms with Crippen molar-refractivity contribution in [3.63, 3.8) is 0 Å². The van der Waals surface area contributed by atoms with Crippen molar-refractivity contribution in [1.82, 2.24) is 14.9 Å². The van der Waals surface area contributed by atoms with Gasteiger partial charge < -0.3 is 15.4 Å². The van der Waals surface area contributed by atoms with Crippen molar-refractivity contribution >= 4 is 5.82 Å². The van der Waals surface area contributed by atoms with E-state index in [4.69, 9.17) is 10.5 Å². The number of rotatable bonds is 3. The van der Waals surface area contributed by atoms with Crippen molar-refractivity contribution in [3.05, 3.63) is 18.1 Å². The highest BCUT2D eigenvalue weighted by atomic mass is 16.5. The van der Waals surface area contributed by atoms with E-state index in [1.165, 1.54) is 6.42 Å². The van der Waals surface area contributed by atoms with Crippen molar-refractivity contribution in [1.29, 1.82) is 0 Å². The second kappa shape index (κ2) is 5.81. The molecule has 2 saturated heterocycles. The predicted octanol–water partition coefficient (Wildman–Crippen LogP) is -0.154. The van der Waals surface area contributed by atoms with Crippen molar-refractivity contribution in [2.75, 3.05) is 44.3 Å². The molecule has 3 rings (SSSR count). The van der Waals surface area contributed by atoms with Crippen LogP contribution in [0.5, 0.6) is 0 Å². The van der Waals surface area contributed by atoms with Gasteiger partial charge in [0.15, 0.2) is 0 Å². The molecule has 6 heteroatoms. The van der Waals surface area contributed by atoms with E-state index in [0.717, 1.165) is 50.9 Å². The molecule has 19 heavy (non-hydrogen) atoms. The van der Waals surface area contributed by atoms with Crippen LogP contribution in [0.25, 0.3) is 0 Å². The summed E-state index contributed by atoms with van der Waals surface area (Å²) in [5.74, 6) is 0.966. The first-order valence-electron chi connectivity index (χ1n) is 6.94. The molecule has 2 aliphatic heterocycles. The van der Waals surface area contributed by atoms with E-state index in [-0.39, 0.29) is 0 Å². The van der Waals surface area contributed by atoms with Gasteiger partial charge in [-0.2, -0.15) is 0 Å². The average Bonchev–Trinajstić information content (AvgIpc) is 2.98. The Morgan fingerprint density at radius 1 is 1.21 bits per heavy atom. The molecule has 2 fully saturated rings. The fraction of sp³-hybridized carbons (Fsp3) is 0.692. The number of nitrogens with zero attached hydrogens (tertiary/aromatic N) is 4. The summed E-state index contributed by atoms with van der Waals surface area (Å²) in [7, 11) is 0. The summed E-state index contributed by atoms with van der Waals surface area (Å²) in [6, 6.07) is 0.625. The monoisotopic (exact) mass is 263 g/mol. The molecule has 0 radical (unpaired) electrons. The summed E-state index contributed by atoms with van der Waals surface area (Å²) in [4.78, 5) is 13.6. The zero-order valence-corrected chi connectivity index (χ0v) is 11.2. The maximum Gasteiger partial charge on any atom is 0.147 e. The van der Waals surface area contributed by atoms with Crippen LogP contribution in [0.3, 0.4) is 0 Å². The lowest BCUT2D eigenvalue weighted by atomic mass is 10.2. The Bertz CT molecular complexity index is 404. The lowest BCUT2D eigenvalue weighted by Crippen LogP contribution is -2.44. The van der Waals surface area contributed by atoms with Gasteiger partial charge in [-0.1, -0.05) is 0 Å². The third-order valence-corrected chi connectivity index (χ3v) is 3.95. The van der Waals surface area contributed by atoms with Crippen molar-refractivity contribution in [2.45, 2.75) is 19.0 Å². The first-order chi connectivity index (χ1) is 9.36. The summed E-state index contributed by atoms with van der Waals surface area (Å²) in [6.07, 6.45) is 4.81. The first-order valence-corrected chi connectivity index (χ1v) is 6.94. The van der Waals surface area contributed by atoms with Crippen molar-refractivity contribution < 1.29 is 4.74 Å². The molecule has 0 aliphatic carbocycles. The standard InChI is InChI=1S/C13H21N5O/c14-7-11-8-16-13(9-15-11)18-2-1-12(10-18)17-3-5-19-6-4-17/h8-9,12H,1-7,10,14H2. The zero-order chi connectivity index (χ0) is 13.1. The van der Waals surface area contributed by atoms with Crippen LogP contribution >= 0.6 is 0 Å². The minimum atomic E-state index is 0.448. The molecule has 1 aromatic rings. The van der Waals surface area contributed by atoms with E-state index in [9.17, 15) is 0 Å². The number of nitrogens with two attached hydrogens (primary N) is 1. The van der Waals surface area contributed by atoms with E-state index >= 15 is 0 Å². The number of morpholine rings is 1.